The van der Waals surface area contributed by atoms with Gasteiger partial charge in [-0.25, -0.2) is 12.8 Å². The van der Waals surface area contributed by atoms with Crippen molar-refractivity contribution in [2.75, 3.05) is 11.7 Å². The van der Waals surface area contributed by atoms with Crippen molar-refractivity contribution in [1.29, 1.82) is 0 Å². The molecule has 0 aliphatic carbocycles. The van der Waals surface area contributed by atoms with E-state index in [1.54, 1.807) is 43.3 Å². The highest BCUT2D eigenvalue weighted by Crippen LogP contribution is 2.12. The van der Waals surface area contributed by atoms with E-state index in [1.807, 2.05) is 0 Å². The van der Waals surface area contributed by atoms with Crippen molar-refractivity contribution < 1.29 is 12.8 Å². The van der Waals surface area contributed by atoms with Crippen molar-refractivity contribution >= 4 is 21.2 Å². The topological polar surface area (TPSA) is 58.5 Å². The van der Waals surface area contributed by atoms with E-state index in [2.05, 4.69) is 10.5 Å². The Labute approximate surface area is 123 Å². The fourth-order valence-electron chi connectivity index (χ4n) is 1.68. The molecule has 0 spiro atoms. The number of nitrogens with zero attached hydrogens (tertiary/aromatic N) is 1. The number of hydrazone groups is 1. The number of anilines is 1. The number of benzene rings is 2. The van der Waals surface area contributed by atoms with Crippen molar-refractivity contribution in [3.05, 3.63) is 59.9 Å². The molecular weight excluding hydrogens is 291 g/mol. The third-order valence-corrected chi connectivity index (χ3v) is 4.03. The molecule has 0 heterocycles. The quantitative estimate of drug-likeness (QED) is 0.697. The lowest BCUT2D eigenvalue weighted by molar-refractivity contribution is 0.602. The molecule has 0 aromatic heterocycles. The predicted octanol–water partition coefficient (Wildman–Crippen LogP) is 3.07. The Bertz CT molecular complexity index is 751. The molecule has 0 saturated carbocycles. The highest BCUT2D eigenvalue weighted by atomic mass is 32.2. The molecule has 1 N–H and O–H groups in total. The van der Waals surface area contributed by atoms with E-state index in [1.165, 1.54) is 18.4 Å². The molecule has 0 atom stereocenters. The average Bonchev–Trinajstić information content (AvgIpc) is 2.45. The van der Waals surface area contributed by atoms with Crippen molar-refractivity contribution in [3.63, 3.8) is 0 Å². The zero-order chi connectivity index (χ0) is 15.5. The van der Waals surface area contributed by atoms with E-state index in [-0.39, 0.29) is 10.7 Å². The van der Waals surface area contributed by atoms with Crippen LogP contribution in [0.5, 0.6) is 0 Å². The van der Waals surface area contributed by atoms with Crippen LogP contribution in [0.15, 0.2) is 58.5 Å². The zero-order valence-corrected chi connectivity index (χ0v) is 12.5. The van der Waals surface area contributed by atoms with Crippen LogP contribution in [-0.4, -0.2) is 20.4 Å². The SMILES string of the molecule is C/C(=N\Nc1ccc(F)cc1)c1ccc(S(C)(=O)=O)cc1. The van der Waals surface area contributed by atoms with Crippen LogP contribution in [0, 0.1) is 5.82 Å². The van der Waals surface area contributed by atoms with Gasteiger partial charge in [0.05, 0.1) is 16.3 Å². The Kier molecular flexibility index (Phi) is 4.37. The molecule has 2 aromatic rings. The molecular formula is C15H15FN2O2S. The first kappa shape index (κ1) is 15.2. The Balaban J connectivity index is 2.14. The first-order chi connectivity index (χ1) is 9.86. The Hall–Kier alpha value is -2.21. The van der Waals surface area contributed by atoms with Crippen LogP contribution in [0.25, 0.3) is 0 Å². The summed E-state index contributed by atoms with van der Waals surface area (Å²) in [6.45, 7) is 1.80. The summed E-state index contributed by atoms with van der Waals surface area (Å²) in [6.07, 6.45) is 1.17. The van der Waals surface area contributed by atoms with Gasteiger partial charge in [-0.2, -0.15) is 5.10 Å². The number of hydrogen-bond donors (Lipinski definition) is 1. The Morgan fingerprint density at radius 1 is 1.05 bits per heavy atom. The summed E-state index contributed by atoms with van der Waals surface area (Å²) in [5.74, 6) is -0.308. The lowest BCUT2D eigenvalue weighted by Gasteiger charge is -2.05. The standard InChI is InChI=1S/C15H15FN2O2S/c1-11(17-18-14-7-5-13(16)6-8-14)12-3-9-15(10-4-12)21(2,19)20/h3-10,18H,1-2H3/b17-11+. The van der Waals surface area contributed by atoms with Crippen molar-refractivity contribution in [2.45, 2.75) is 11.8 Å². The van der Waals surface area contributed by atoms with Crippen LogP contribution in [0.1, 0.15) is 12.5 Å². The second-order valence-corrected chi connectivity index (χ2v) is 6.63. The fourth-order valence-corrected chi connectivity index (χ4v) is 2.31. The van der Waals surface area contributed by atoms with Gasteiger partial charge in [-0.1, -0.05) is 12.1 Å². The summed E-state index contributed by atoms with van der Waals surface area (Å²) >= 11 is 0. The van der Waals surface area contributed by atoms with Crippen LogP contribution in [0.3, 0.4) is 0 Å². The molecule has 21 heavy (non-hydrogen) atoms. The Morgan fingerprint density at radius 2 is 1.62 bits per heavy atom. The highest BCUT2D eigenvalue weighted by molar-refractivity contribution is 7.90. The van der Waals surface area contributed by atoms with Gasteiger partial charge in [-0.3, -0.25) is 5.43 Å². The van der Waals surface area contributed by atoms with Crippen LogP contribution >= 0.6 is 0 Å². The molecule has 0 unspecified atom stereocenters. The maximum absolute atomic E-state index is 12.8. The summed E-state index contributed by atoms with van der Waals surface area (Å²) in [5, 5.41) is 4.18. The lowest BCUT2D eigenvalue weighted by atomic mass is 10.1. The minimum atomic E-state index is -3.20. The van der Waals surface area contributed by atoms with Gasteiger partial charge >= 0.3 is 0 Å². The molecule has 0 aliphatic heterocycles. The van der Waals surface area contributed by atoms with E-state index < -0.39 is 9.84 Å². The fraction of sp³-hybridized carbons (Fsp3) is 0.133. The molecule has 0 amide bonds. The molecule has 0 fully saturated rings. The van der Waals surface area contributed by atoms with Crippen molar-refractivity contribution in [1.82, 2.24) is 0 Å². The summed E-state index contributed by atoms with van der Waals surface area (Å²) in [4.78, 5) is 0.269. The first-order valence-electron chi connectivity index (χ1n) is 6.22. The zero-order valence-electron chi connectivity index (χ0n) is 11.7. The molecule has 0 bridgehead atoms. The van der Waals surface area contributed by atoms with Crippen LogP contribution < -0.4 is 5.43 Å². The third-order valence-electron chi connectivity index (χ3n) is 2.90. The Morgan fingerprint density at radius 3 is 2.14 bits per heavy atom. The van der Waals surface area contributed by atoms with Gasteiger partial charge in [0.1, 0.15) is 5.82 Å². The van der Waals surface area contributed by atoms with Crippen molar-refractivity contribution in [3.8, 4) is 0 Å². The molecule has 2 aromatic carbocycles. The number of hydrogen-bond acceptors (Lipinski definition) is 4. The highest BCUT2D eigenvalue weighted by Gasteiger charge is 2.06. The van der Waals surface area contributed by atoms with Gasteiger partial charge in [0.2, 0.25) is 0 Å². The number of nitrogens with one attached hydrogen (secondary N) is 1. The van der Waals surface area contributed by atoms with E-state index >= 15 is 0 Å². The summed E-state index contributed by atoms with van der Waals surface area (Å²) < 4.78 is 35.5. The van der Waals surface area contributed by atoms with Gasteiger partial charge in [0.15, 0.2) is 9.84 Å². The van der Waals surface area contributed by atoms with Crippen LogP contribution in [0.4, 0.5) is 10.1 Å². The molecule has 0 aliphatic rings. The van der Waals surface area contributed by atoms with Gasteiger partial charge in [-0.15, -0.1) is 0 Å². The summed E-state index contributed by atoms with van der Waals surface area (Å²) in [7, 11) is -3.20. The minimum absolute atomic E-state index is 0.269. The van der Waals surface area contributed by atoms with E-state index in [9.17, 15) is 12.8 Å². The number of halogens is 1. The second-order valence-electron chi connectivity index (χ2n) is 4.61. The summed E-state index contributed by atoms with van der Waals surface area (Å²) in [5.41, 5.74) is 4.98. The van der Waals surface area contributed by atoms with Gasteiger partial charge in [-0.05, 0) is 48.9 Å². The first-order valence-corrected chi connectivity index (χ1v) is 8.12. The lowest BCUT2D eigenvalue weighted by Crippen LogP contribution is -2.01. The largest absolute Gasteiger partial charge is 0.278 e. The van der Waals surface area contributed by atoms with Gasteiger partial charge in [0.25, 0.3) is 0 Å². The number of sulfone groups is 1. The van der Waals surface area contributed by atoms with Crippen molar-refractivity contribution in [2.24, 2.45) is 5.10 Å². The minimum Gasteiger partial charge on any atom is -0.278 e. The van der Waals surface area contributed by atoms with Gasteiger partial charge in [0, 0.05) is 6.26 Å². The molecule has 0 saturated heterocycles. The van der Waals surface area contributed by atoms with E-state index in [4.69, 9.17) is 0 Å². The average molecular weight is 306 g/mol. The molecule has 0 radical (unpaired) electrons. The summed E-state index contributed by atoms with van der Waals surface area (Å²) in [6, 6.07) is 12.3. The van der Waals surface area contributed by atoms with Crippen LogP contribution in [0.2, 0.25) is 0 Å². The van der Waals surface area contributed by atoms with E-state index in [0.29, 0.717) is 11.4 Å². The number of rotatable bonds is 4. The van der Waals surface area contributed by atoms with Gasteiger partial charge < -0.3 is 0 Å². The molecule has 110 valence electrons. The maximum atomic E-state index is 12.8. The van der Waals surface area contributed by atoms with Crippen LogP contribution in [-0.2, 0) is 9.84 Å². The molecule has 4 nitrogen and oxygen atoms in total. The molecule has 6 heteroatoms. The normalized spacial score (nSPS) is 12.2. The smallest absolute Gasteiger partial charge is 0.175 e. The van der Waals surface area contributed by atoms with E-state index in [0.717, 1.165) is 5.56 Å². The molecule has 2 rings (SSSR count). The maximum Gasteiger partial charge on any atom is 0.175 e. The third kappa shape index (κ3) is 4.13. The second kappa shape index (κ2) is 6.05. The predicted molar refractivity (Wildman–Crippen MR) is 81.8 cm³/mol. The monoisotopic (exact) mass is 306 g/mol.